The Balaban J connectivity index is 2.64. The maximum absolute atomic E-state index is 9.73. The molecule has 0 unspecified atom stereocenters. The second-order valence-corrected chi connectivity index (χ2v) is 4.62. The van der Waals surface area contributed by atoms with Gasteiger partial charge in [0.1, 0.15) is 0 Å². The van der Waals surface area contributed by atoms with E-state index in [4.69, 9.17) is 0 Å². The van der Waals surface area contributed by atoms with Gasteiger partial charge in [-0.3, -0.25) is 0 Å². The molecule has 0 saturated heterocycles. The molecule has 1 aliphatic rings. The topological polar surface area (TPSA) is 40.5 Å². The van der Waals surface area contributed by atoms with Crippen LogP contribution >= 0.6 is 0 Å². The maximum atomic E-state index is 9.73. The van der Waals surface area contributed by atoms with Gasteiger partial charge in [-0.05, 0) is 18.3 Å². The fourth-order valence-electron chi connectivity index (χ4n) is 2.33. The summed E-state index contributed by atoms with van der Waals surface area (Å²) in [5.41, 5.74) is 0. The Bertz CT molecular complexity index is 152. The lowest BCUT2D eigenvalue weighted by molar-refractivity contribution is -0.234. The lowest BCUT2D eigenvalue weighted by atomic mass is 9.73. The fourth-order valence-corrected chi connectivity index (χ4v) is 2.33. The van der Waals surface area contributed by atoms with Crippen molar-refractivity contribution in [3.05, 3.63) is 0 Å². The summed E-state index contributed by atoms with van der Waals surface area (Å²) in [5.74, 6) is -0.526. The Kier molecular flexibility index (Phi) is 2.79. The molecule has 0 radical (unpaired) electrons. The summed E-state index contributed by atoms with van der Waals surface area (Å²) in [6.45, 7) is 6.20. The van der Waals surface area contributed by atoms with Crippen LogP contribution in [0, 0.1) is 17.8 Å². The first-order chi connectivity index (χ1) is 5.43. The van der Waals surface area contributed by atoms with Gasteiger partial charge in [-0.15, -0.1) is 0 Å². The Morgan fingerprint density at radius 2 is 1.83 bits per heavy atom. The van der Waals surface area contributed by atoms with Crippen LogP contribution in [0.25, 0.3) is 0 Å². The van der Waals surface area contributed by atoms with E-state index in [1.54, 1.807) is 0 Å². The van der Waals surface area contributed by atoms with Crippen LogP contribution in [0.1, 0.15) is 40.0 Å². The summed E-state index contributed by atoms with van der Waals surface area (Å²) >= 11 is 0. The zero-order valence-electron chi connectivity index (χ0n) is 8.25. The first kappa shape index (κ1) is 10.0. The molecule has 1 rings (SSSR count). The van der Waals surface area contributed by atoms with Crippen LogP contribution in [0.2, 0.25) is 0 Å². The van der Waals surface area contributed by atoms with Crippen LogP contribution in [0.4, 0.5) is 0 Å². The Hall–Kier alpha value is -0.0800. The van der Waals surface area contributed by atoms with E-state index in [1.807, 2.05) is 0 Å². The molecule has 12 heavy (non-hydrogen) atoms. The molecule has 0 bridgehead atoms. The monoisotopic (exact) mass is 172 g/mol. The highest BCUT2D eigenvalue weighted by Crippen LogP contribution is 2.39. The van der Waals surface area contributed by atoms with Gasteiger partial charge >= 0.3 is 0 Å². The lowest BCUT2D eigenvalue weighted by Crippen LogP contribution is -2.45. The first-order valence-corrected chi connectivity index (χ1v) is 4.88. The highest BCUT2D eigenvalue weighted by molar-refractivity contribution is 4.85. The molecule has 0 aromatic heterocycles. The van der Waals surface area contributed by atoms with Crippen LogP contribution < -0.4 is 0 Å². The minimum Gasteiger partial charge on any atom is -0.365 e. The normalized spacial score (nSPS) is 35.5. The minimum absolute atomic E-state index is 0.0636. The molecule has 2 nitrogen and oxygen atoms in total. The summed E-state index contributed by atoms with van der Waals surface area (Å²) in [5, 5.41) is 19.5. The van der Waals surface area contributed by atoms with Gasteiger partial charge in [0.05, 0.1) is 0 Å². The van der Waals surface area contributed by atoms with Crippen molar-refractivity contribution in [1.29, 1.82) is 0 Å². The molecular weight excluding hydrogens is 152 g/mol. The highest BCUT2D eigenvalue weighted by Gasteiger charge is 2.40. The number of rotatable bonds is 1. The number of hydrogen-bond acceptors (Lipinski definition) is 2. The Morgan fingerprint density at radius 1 is 1.25 bits per heavy atom. The van der Waals surface area contributed by atoms with E-state index in [-0.39, 0.29) is 5.92 Å². The molecule has 1 saturated carbocycles. The van der Waals surface area contributed by atoms with Crippen molar-refractivity contribution in [3.63, 3.8) is 0 Å². The van der Waals surface area contributed by atoms with Crippen molar-refractivity contribution >= 4 is 0 Å². The van der Waals surface area contributed by atoms with Gasteiger partial charge in [0.15, 0.2) is 5.79 Å². The van der Waals surface area contributed by atoms with Gasteiger partial charge in [-0.2, -0.15) is 0 Å². The molecule has 2 atom stereocenters. The van der Waals surface area contributed by atoms with Gasteiger partial charge in [0.2, 0.25) is 0 Å². The van der Waals surface area contributed by atoms with Crippen LogP contribution in [-0.4, -0.2) is 16.0 Å². The molecule has 0 aliphatic heterocycles. The van der Waals surface area contributed by atoms with Gasteiger partial charge in [-0.1, -0.05) is 27.2 Å². The standard InChI is InChI=1S/C10H20O2/c1-7(2)9-5-4-8(3)6-10(9,11)12/h7-9,11-12H,4-6H2,1-3H3/t8-,9-/m1/s1. The first-order valence-electron chi connectivity index (χ1n) is 4.88. The molecule has 0 aromatic rings. The minimum atomic E-state index is -1.41. The third-order valence-corrected chi connectivity index (χ3v) is 3.02. The summed E-state index contributed by atoms with van der Waals surface area (Å²) < 4.78 is 0. The van der Waals surface area contributed by atoms with Gasteiger partial charge in [-0.25, -0.2) is 0 Å². The average molecular weight is 172 g/mol. The predicted molar refractivity (Wildman–Crippen MR) is 48.5 cm³/mol. The van der Waals surface area contributed by atoms with E-state index in [9.17, 15) is 10.2 Å². The molecule has 0 aromatic carbocycles. The van der Waals surface area contributed by atoms with Crippen molar-refractivity contribution in [3.8, 4) is 0 Å². The van der Waals surface area contributed by atoms with E-state index in [2.05, 4.69) is 20.8 Å². The molecule has 2 heteroatoms. The van der Waals surface area contributed by atoms with Crippen molar-refractivity contribution < 1.29 is 10.2 Å². The second-order valence-electron chi connectivity index (χ2n) is 4.62. The van der Waals surface area contributed by atoms with Crippen molar-refractivity contribution in [1.82, 2.24) is 0 Å². The predicted octanol–water partition coefficient (Wildman–Crippen LogP) is 1.76. The molecule has 0 heterocycles. The van der Waals surface area contributed by atoms with E-state index in [0.29, 0.717) is 18.3 Å². The summed E-state index contributed by atoms with van der Waals surface area (Å²) in [6.07, 6.45) is 2.62. The Labute approximate surface area is 74.6 Å². The van der Waals surface area contributed by atoms with E-state index < -0.39 is 5.79 Å². The largest absolute Gasteiger partial charge is 0.365 e. The Morgan fingerprint density at radius 3 is 2.25 bits per heavy atom. The molecule has 1 fully saturated rings. The highest BCUT2D eigenvalue weighted by atomic mass is 16.5. The molecule has 0 spiro atoms. The lowest BCUT2D eigenvalue weighted by Gasteiger charge is -2.40. The molecule has 0 amide bonds. The third-order valence-electron chi connectivity index (χ3n) is 3.02. The van der Waals surface area contributed by atoms with Gasteiger partial charge < -0.3 is 10.2 Å². The smallest absolute Gasteiger partial charge is 0.165 e. The van der Waals surface area contributed by atoms with E-state index in [1.165, 1.54) is 0 Å². The quantitative estimate of drug-likeness (QED) is 0.592. The van der Waals surface area contributed by atoms with Crippen molar-refractivity contribution in [2.45, 2.75) is 45.8 Å². The van der Waals surface area contributed by atoms with Crippen LogP contribution in [-0.2, 0) is 0 Å². The van der Waals surface area contributed by atoms with Crippen LogP contribution in [0.15, 0.2) is 0 Å². The number of aliphatic hydroxyl groups is 2. The molecule has 1 aliphatic carbocycles. The molecular formula is C10H20O2. The second kappa shape index (κ2) is 3.35. The summed E-state index contributed by atoms with van der Waals surface area (Å²) in [7, 11) is 0. The third kappa shape index (κ3) is 1.99. The zero-order chi connectivity index (χ0) is 9.35. The molecule has 2 N–H and O–H groups in total. The van der Waals surface area contributed by atoms with Gasteiger partial charge in [0.25, 0.3) is 0 Å². The summed E-state index contributed by atoms with van der Waals surface area (Å²) in [6, 6.07) is 0. The maximum Gasteiger partial charge on any atom is 0.165 e. The molecule has 72 valence electrons. The fraction of sp³-hybridized carbons (Fsp3) is 1.00. The van der Waals surface area contributed by atoms with Crippen LogP contribution in [0.5, 0.6) is 0 Å². The number of hydrogen-bond donors (Lipinski definition) is 2. The van der Waals surface area contributed by atoms with E-state index in [0.717, 1.165) is 12.8 Å². The SMILES string of the molecule is CC(C)[C@H]1CC[C@@H](C)CC1(O)O. The zero-order valence-corrected chi connectivity index (χ0v) is 8.25. The van der Waals surface area contributed by atoms with Crippen LogP contribution in [0.3, 0.4) is 0 Å². The summed E-state index contributed by atoms with van der Waals surface area (Å²) in [4.78, 5) is 0. The van der Waals surface area contributed by atoms with E-state index >= 15 is 0 Å². The van der Waals surface area contributed by atoms with Gasteiger partial charge in [0, 0.05) is 12.3 Å². The van der Waals surface area contributed by atoms with Crippen molar-refractivity contribution in [2.75, 3.05) is 0 Å². The average Bonchev–Trinajstić information content (AvgIpc) is 1.82. The van der Waals surface area contributed by atoms with Crippen molar-refractivity contribution in [2.24, 2.45) is 17.8 Å².